The third kappa shape index (κ3) is 4.01. The van der Waals surface area contributed by atoms with Crippen molar-refractivity contribution in [1.29, 1.82) is 0 Å². The summed E-state index contributed by atoms with van der Waals surface area (Å²) in [6.45, 7) is 5.04. The van der Waals surface area contributed by atoms with Gasteiger partial charge in [0.15, 0.2) is 0 Å². The van der Waals surface area contributed by atoms with Crippen molar-refractivity contribution in [2.45, 2.75) is 39.2 Å². The number of nitrogens with zero attached hydrogens (tertiary/aromatic N) is 5. The molecule has 0 aliphatic carbocycles. The molecule has 1 saturated heterocycles. The molecule has 0 unspecified atom stereocenters. The van der Waals surface area contributed by atoms with Crippen LogP contribution in [-0.2, 0) is 16.0 Å². The molecule has 0 aromatic carbocycles. The first kappa shape index (κ1) is 17.1. The molecular weight excluding hydrogens is 320 g/mol. The van der Waals surface area contributed by atoms with Crippen LogP contribution in [0.5, 0.6) is 0 Å². The lowest BCUT2D eigenvalue weighted by molar-refractivity contribution is -0.144. The summed E-state index contributed by atoms with van der Waals surface area (Å²) >= 11 is 0. The Morgan fingerprint density at radius 2 is 1.88 bits per heavy atom. The number of aromatic nitrogens is 4. The van der Waals surface area contributed by atoms with Gasteiger partial charge in [-0.3, -0.25) is 14.3 Å². The van der Waals surface area contributed by atoms with E-state index in [-0.39, 0.29) is 6.04 Å². The van der Waals surface area contributed by atoms with E-state index in [2.05, 4.69) is 20.4 Å². The van der Waals surface area contributed by atoms with Crippen molar-refractivity contribution in [3.05, 3.63) is 36.2 Å². The normalized spacial score (nSPS) is 15.2. The number of hydrogen-bond acceptors (Lipinski definition) is 5. The summed E-state index contributed by atoms with van der Waals surface area (Å²) in [5, 5.41) is 6.90. The predicted molar refractivity (Wildman–Crippen MR) is 91.9 cm³/mol. The molecule has 1 fully saturated rings. The van der Waals surface area contributed by atoms with E-state index in [9.17, 15) is 9.59 Å². The number of carbonyl (C=O) groups is 2. The highest BCUT2D eigenvalue weighted by atomic mass is 16.2. The topological polar surface area (TPSA) is 93.0 Å². The first-order valence-electron chi connectivity index (χ1n) is 8.48. The van der Waals surface area contributed by atoms with Gasteiger partial charge >= 0.3 is 11.8 Å². The van der Waals surface area contributed by atoms with Gasteiger partial charge in [-0.05, 0) is 25.3 Å². The second-order valence-electron chi connectivity index (χ2n) is 6.22. The highest BCUT2D eigenvalue weighted by Gasteiger charge is 2.28. The van der Waals surface area contributed by atoms with E-state index in [1.165, 1.54) is 12.4 Å². The number of aryl methyl sites for hydroxylation is 2. The number of rotatable bonds is 3. The van der Waals surface area contributed by atoms with Gasteiger partial charge in [-0.2, -0.15) is 5.10 Å². The number of carbonyl (C=O) groups excluding carboxylic acids is 2. The van der Waals surface area contributed by atoms with Crippen LogP contribution in [0.4, 0.5) is 5.69 Å². The summed E-state index contributed by atoms with van der Waals surface area (Å²) < 4.78 is 1.95. The summed E-state index contributed by atoms with van der Waals surface area (Å²) in [5.74, 6) is -0.476. The van der Waals surface area contributed by atoms with Crippen LogP contribution >= 0.6 is 0 Å². The first-order chi connectivity index (χ1) is 12.1. The fraction of sp³-hybridized carbons (Fsp3) is 0.471. The van der Waals surface area contributed by atoms with Crippen LogP contribution in [0.1, 0.15) is 37.2 Å². The molecule has 1 aliphatic heterocycles. The average Bonchev–Trinajstić information content (AvgIpc) is 3.08. The Morgan fingerprint density at radius 3 is 2.44 bits per heavy atom. The maximum atomic E-state index is 12.3. The average molecular weight is 342 g/mol. The van der Waals surface area contributed by atoms with Crippen LogP contribution < -0.4 is 5.32 Å². The molecule has 2 aromatic rings. The van der Waals surface area contributed by atoms with Crippen molar-refractivity contribution in [2.75, 3.05) is 18.4 Å². The first-order valence-corrected chi connectivity index (χ1v) is 8.48. The second kappa shape index (κ2) is 7.42. The molecule has 0 bridgehead atoms. The number of nitrogens with one attached hydrogen (secondary N) is 1. The molecule has 3 heterocycles. The maximum absolute atomic E-state index is 12.3. The summed E-state index contributed by atoms with van der Waals surface area (Å²) in [7, 11) is 0. The fourth-order valence-electron chi connectivity index (χ4n) is 2.90. The van der Waals surface area contributed by atoms with Gasteiger partial charge in [-0.25, -0.2) is 9.97 Å². The van der Waals surface area contributed by atoms with Gasteiger partial charge in [-0.15, -0.1) is 0 Å². The maximum Gasteiger partial charge on any atom is 0.313 e. The molecule has 1 aliphatic rings. The van der Waals surface area contributed by atoms with Gasteiger partial charge in [0.2, 0.25) is 0 Å². The number of amides is 2. The molecule has 0 spiro atoms. The Morgan fingerprint density at radius 1 is 1.20 bits per heavy atom. The minimum absolute atomic E-state index is 0.274. The van der Waals surface area contributed by atoms with Gasteiger partial charge in [0.05, 0.1) is 30.3 Å². The fourth-order valence-corrected chi connectivity index (χ4v) is 2.90. The van der Waals surface area contributed by atoms with E-state index in [0.29, 0.717) is 24.6 Å². The summed E-state index contributed by atoms with van der Waals surface area (Å²) in [5.41, 5.74) is 1.55. The van der Waals surface area contributed by atoms with Crippen molar-refractivity contribution in [1.82, 2.24) is 24.6 Å². The molecular formula is C17H22N6O2. The van der Waals surface area contributed by atoms with E-state index >= 15 is 0 Å². The number of anilines is 1. The van der Waals surface area contributed by atoms with Crippen LogP contribution in [0.25, 0.3) is 0 Å². The van der Waals surface area contributed by atoms with Crippen molar-refractivity contribution in [2.24, 2.45) is 0 Å². The highest BCUT2D eigenvalue weighted by Crippen LogP contribution is 2.22. The molecule has 8 nitrogen and oxygen atoms in total. The van der Waals surface area contributed by atoms with Gasteiger partial charge in [-0.1, -0.05) is 6.92 Å². The van der Waals surface area contributed by atoms with E-state index in [1.807, 2.05) is 30.9 Å². The predicted octanol–water partition coefficient (Wildman–Crippen LogP) is 1.35. The minimum atomic E-state index is -0.652. The van der Waals surface area contributed by atoms with E-state index < -0.39 is 11.8 Å². The lowest BCUT2D eigenvalue weighted by Crippen LogP contribution is -2.44. The zero-order chi connectivity index (χ0) is 17.8. The Balaban J connectivity index is 1.53. The lowest BCUT2D eigenvalue weighted by Gasteiger charge is -2.31. The zero-order valence-electron chi connectivity index (χ0n) is 14.5. The van der Waals surface area contributed by atoms with Crippen molar-refractivity contribution in [3.63, 3.8) is 0 Å². The summed E-state index contributed by atoms with van der Waals surface area (Å²) in [4.78, 5) is 34.3. The zero-order valence-corrected chi connectivity index (χ0v) is 14.5. The third-order valence-electron chi connectivity index (χ3n) is 4.33. The Bertz CT molecular complexity index is 747. The van der Waals surface area contributed by atoms with E-state index in [1.54, 1.807) is 4.90 Å². The quantitative estimate of drug-likeness (QED) is 0.850. The number of likely N-dealkylation sites (tertiary alicyclic amines) is 1. The molecule has 0 atom stereocenters. The van der Waals surface area contributed by atoms with Crippen molar-refractivity contribution in [3.8, 4) is 0 Å². The highest BCUT2D eigenvalue weighted by molar-refractivity contribution is 6.39. The van der Waals surface area contributed by atoms with Crippen LogP contribution in [0, 0.1) is 6.92 Å². The molecule has 3 rings (SSSR count). The molecule has 2 amide bonds. The third-order valence-corrected chi connectivity index (χ3v) is 4.33. The summed E-state index contributed by atoms with van der Waals surface area (Å²) in [6, 6.07) is 0.274. The monoisotopic (exact) mass is 342 g/mol. The second-order valence-corrected chi connectivity index (χ2v) is 6.22. The largest absolute Gasteiger partial charge is 0.334 e. The van der Waals surface area contributed by atoms with Crippen molar-refractivity contribution < 1.29 is 9.59 Å². The van der Waals surface area contributed by atoms with Gasteiger partial charge < -0.3 is 10.2 Å². The Hall–Kier alpha value is -2.77. The molecule has 8 heteroatoms. The molecule has 2 aromatic heterocycles. The van der Waals surface area contributed by atoms with Gasteiger partial charge in [0.1, 0.15) is 5.82 Å². The van der Waals surface area contributed by atoms with Crippen molar-refractivity contribution >= 4 is 17.5 Å². The molecule has 0 radical (unpaired) electrons. The SMILES string of the molecule is CCc1ncc(NC(=O)C(=O)N2CCC(n3cc(C)cn3)CC2)cn1. The lowest BCUT2D eigenvalue weighted by atomic mass is 10.1. The van der Waals surface area contributed by atoms with E-state index in [4.69, 9.17) is 0 Å². The van der Waals surface area contributed by atoms with Crippen LogP contribution in [0.3, 0.4) is 0 Å². The van der Waals surface area contributed by atoms with Crippen LogP contribution in [-0.4, -0.2) is 49.6 Å². The molecule has 132 valence electrons. The number of piperidine rings is 1. The Labute approximate surface area is 146 Å². The van der Waals surface area contributed by atoms with Gasteiger partial charge in [0, 0.05) is 25.7 Å². The van der Waals surface area contributed by atoms with E-state index in [0.717, 1.165) is 24.8 Å². The minimum Gasteiger partial charge on any atom is -0.334 e. The van der Waals surface area contributed by atoms with Crippen LogP contribution in [0.15, 0.2) is 24.8 Å². The standard InChI is InChI=1S/C17H22N6O2/c1-3-15-18-9-13(10-19-15)21-16(24)17(25)22-6-4-14(5-7-22)23-11-12(2)8-20-23/h8-11,14H,3-7H2,1-2H3,(H,21,24). The van der Waals surface area contributed by atoms with Crippen LogP contribution in [0.2, 0.25) is 0 Å². The number of hydrogen-bond donors (Lipinski definition) is 1. The smallest absolute Gasteiger partial charge is 0.313 e. The summed E-state index contributed by atoms with van der Waals surface area (Å²) in [6.07, 6.45) is 9.17. The molecule has 1 N–H and O–H groups in total. The van der Waals surface area contributed by atoms with Gasteiger partial charge in [0.25, 0.3) is 0 Å². The molecule has 0 saturated carbocycles. The Kier molecular flexibility index (Phi) is 5.06. The molecule has 25 heavy (non-hydrogen) atoms.